The van der Waals surface area contributed by atoms with Gasteiger partial charge in [0.05, 0.1) is 24.7 Å². The van der Waals surface area contributed by atoms with Crippen LogP contribution < -0.4 is 4.72 Å². The van der Waals surface area contributed by atoms with Gasteiger partial charge in [0.2, 0.25) is 10.0 Å². The van der Waals surface area contributed by atoms with Crippen molar-refractivity contribution in [1.29, 1.82) is 0 Å². The van der Waals surface area contributed by atoms with Crippen LogP contribution in [0.4, 0.5) is 0 Å². The third-order valence-corrected chi connectivity index (χ3v) is 6.45. The van der Waals surface area contributed by atoms with Gasteiger partial charge in [0, 0.05) is 25.8 Å². The molecule has 0 aliphatic carbocycles. The van der Waals surface area contributed by atoms with Gasteiger partial charge in [0.15, 0.2) is 0 Å². The van der Waals surface area contributed by atoms with Crippen LogP contribution in [0, 0.1) is 6.92 Å². The number of carbonyl (C=O) groups is 2. The highest BCUT2D eigenvalue weighted by molar-refractivity contribution is 7.89. The van der Waals surface area contributed by atoms with Crippen molar-refractivity contribution in [2.45, 2.75) is 37.3 Å². The highest BCUT2D eigenvalue weighted by Gasteiger charge is 2.23. The summed E-state index contributed by atoms with van der Waals surface area (Å²) in [7, 11) is -0.931. The summed E-state index contributed by atoms with van der Waals surface area (Å²) in [5, 5.41) is 0. The Morgan fingerprint density at radius 3 is 2.74 bits per heavy atom. The van der Waals surface area contributed by atoms with Gasteiger partial charge in [-0.25, -0.2) is 17.9 Å². The van der Waals surface area contributed by atoms with Crippen LogP contribution in [-0.2, 0) is 26.0 Å². The van der Waals surface area contributed by atoms with Gasteiger partial charge in [-0.3, -0.25) is 4.79 Å². The van der Waals surface area contributed by atoms with Crippen molar-refractivity contribution in [2.24, 2.45) is 0 Å². The summed E-state index contributed by atoms with van der Waals surface area (Å²) in [6.07, 6.45) is 1.60. The Labute approximate surface area is 181 Å². The maximum Gasteiger partial charge on any atom is 0.341 e. The molecule has 2 heterocycles. The van der Waals surface area contributed by atoms with Crippen LogP contribution in [-0.4, -0.2) is 58.6 Å². The molecule has 0 spiro atoms. The Morgan fingerprint density at radius 2 is 2.06 bits per heavy atom. The number of furan rings is 1. The zero-order chi connectivity index (χ0) is 22.6. The fourth-order valence-corrected chi connectivity index (χ4v) is 4.46. The molecule has 3 rings (SSSR count). The molecule has 1 aromatic heterocycles. The Morgan fingerprint density at radius 1 is 1.29 bits per heavy atom. The third-order valence-electron chi connectivity index (χ3n) is 5.03. The smallest absolute Gasteiger partial charge is 0.341 e. The number of methoxy groups -OCH3 is 1. The van der Waals surface area contributed by atoms with Gasteiger partial charge in [-0.2, -0.15) is 0 Å². The van der Waals surface area contributed by atoms with Gasteiger partial charge in [0.1, 0.15) is 17.1 Å². The van der Waals surface area contributed by atoms with Crippen LogP contribution >= 0.6 is 0 Å². The lowest BCUT2D eigenvalue weighted by Gasteiger charge is -2.16. The number of nitrogens with zero attached hydrogens (tertiary/aromatic N) is 1. The molecule has 1 aliphatic rings. The predicted molar refractivity (Wildman–Crippen MR) is 111 cm³/mol. The van der Waals surface area contributed by atoms with Crippen molar-refractivity contribution in [3.63, 3.8) is 0 Å². The fourth-order valence-electron chi connectivity index (χ4n) is 3.35. The first-order valence-corrected chi connectivity index (χ1v) is 11.3. The van der Waals surface area contributed by atoms with E-state index < -0.39 is 16.0 Å². The van der Waals surface area contributed by atoms with Crippen molar-refractivity contribution in [3.05, 3.63) is 53.0 Å². The van der Waals surface area contributed by atoms with E-state index in [2.05, 4.69) is 4.72 Å². The average molecular weight is 451 g/mol. The van der Waals surface area contributed by atoms with Crippen molar-refractivity contribution >= 4 is 21.9 Å². The fraction of sp³-hybridized carbons (Fsp3) is 0.429. The molecule has 1 saturated heterocycles. The van der Waals surface area contributed by atoms with E-state index in [0.29, 0.717) is 23.7 Å². The third kappa shape index (κ3) is 5.52. The minimum atomic E-state index is -3.77. The summed E-state index contributed by atoms with van der Waals surface area (Å²) in [5.41, 5.74) is 0.516. The van der Waals surface area contributed by atoms with E-state index in [9.17, 15) is 18.0 Å². The number of hydrogen-bond acceptors (Lipinski definition) is 7. The summed E-state index contributed by atoms with van der Waals surface area (Å²) >= 11 is 0. The maximum atomic E-state index is 12.8. The lowest BCUT2D eigenvalue weighted by molar-refractivity contribution is 0.0598. The number of carbonyl (C=O) groups excluding carboxylic acids is 2. The van der Waals surface area contributed by atoms with Gasteiger partial charge < -0.3 is 18.8 Å². The van der Waals surface area contributed by atoms with Crippen molar-refractivity contribution in [3.8, 4) is 0 Å². The van der Waals surface area contributed by atoms with E-state index in [0.717, 1.165) is 12.8 Å². The second-order valence-corrected chi connectivity index (χ2v) is 9.12. The molecule has 1 aromatic carbocycles. The van der Waals surface area contributed by atoms with Gasteiger partial charge >= 0.3 is 5.97 Å². The summed E-state index contributed by atoms with van der Waals surface area (Å²) < 4.78 is 43.4. The Bertz CT molecular complexity index is 1060. The van der Waals surface area contributed by atoms with E-state index in [4.69, 9.17) is 13.9 Å². The maximum absolute atomic E-state index is 12.8. The molecule has 1 unspecified atom stereocenters. The van der Waals surface area contributed by atoms with Gasteiger partial charge in [-0.15, -0.1) is 0 Å². The number of amides is 1. The Kier molecular flexibility index (Phi) is 7.14. The van der Waals surface area contributed by atoms with Crippen LogP contribution in [0.15, 0.2) is 39.6 Å². The summed E-state index contributed by atoms with van der Waals surface area (Å²) in [4.78, 5) is 25.9. The minimum Gasteiger partial charge on any atom is -0.465 e. The van der Waals surface area contributed by atoms with Crippen LogP contribution in [0.1, 0.15) is 45.1 Å². The summed E-state index contributed by atoms with van der Waals surface area (Å²) in [6.45, 7) is 2.57. The molecule has 10 heteroatoms. The molecule has 1 fully saturated rings. The SMILES string of the molecule is COC(=O)c1cc(CN(C)C(=O)c2cccc(S(=O)(=O)NCC3CCCO3)c2)oc1C. The molecule has 1 N–H and O–H groups in total. The lowest BCUT2D eigenvalue weighted by atomic mass is 10.2. The first-order chi connectivity index (χ1) is 14.7. The molecule has 2 aromatic rings. The monoisotopic (exact) mass is 450 g/mol. The van der Waals surface area contributed by atoms with Gasteiger partial charge in [-0.05, 0) is 44.0 Å². The van der Waals surface area contributed by atoms with Gasteiger partial charge in [-0.1, -0.05) is 6.07 Å². The van der Waals surface area contributed by atoms with E-state index in [-0.39, 0.29) is 35.6 Å². The highest BCUT2D eigenvalue weighted by atomic mass is 32.2. The number of aryl methyl sites for hydroxylation is 1. The van der Waals surface area contributed by atoms with Crippen LogP contribution in [0.25, 0.3) is 0 Å². The van der Waals surface area contributed by atoms with E-state index in [1.807, 2.05) is 0 Å². The molecule has 31 heavy (non-hydrogen) atoms. The summed E-state index contributed by atoms with van der Waals surface area (Å²) in [6, 6.07) is 7.37. The number of esters is 1. The van der Waals surface area contributed by atoms with E-state index in [1.165, 1.54) is 36.3 Å². The van der Waals surface area contributed by atoms with E-state index >= 15 is 0 Å². The molecule has 0 radical (unpaired) electrons. The van der Waals surface area contributed by atoms with Crippen molar-refractivity contribution in [1.82, 2.24) is 9.62 Å². The molecule has 9 nitrogen and oxygen atoms in total. The topological polar surface area (TPSA) is 115 Å². The quantitative estimate of drug-likeness (QED) is 0.613. The number of hydrogen-bond donors (Lipinski definition) is 1. The number of rotatable bonds is 8. The van der Waals surface area contributed by atoms with Crippen molar-refractivity contribution < 1.29 is 31.9 Å². The first kappa shape index (κ1) is 23.0. The van der Waals surface area contributed by atoms with E-state index in [1.54, 1.807) is 20.0 Å². The molecule has 1 atom stereocenters. The van der Waals surface area contributed by atoms with Gasteiger partial charge in [0.25, 0.3) is 5.91 Å². The number of ether oxygens (including phenoxy) is 2. The minimum absolute atomic E-state index is 0.00608. The first-order valence-electron chi connectivity index (χ1n) is 9.85. The molecule has 168 valence electrons. The molecular formula is C21H26N2O7S. The second-order valence-electron chi connectivity index (χ2n) is 7.35. The largest absolute Gasteiger partial charge is 0.465 e. The van der Waals surface area contributed by atoms with Crippen LogP contribution in [0.2, 0.25) is 0 Å². The Hall–Kier alpha value is -2.69. The zero-order valence-corrected chi connectivity index (χ0v) is 18.5. The highest BCUT2D eigenvalue weighted by Crippen LogP contribution is 2.19. The number of benzene rings is 1. The Balaban J connectivity index is 1.69. The predicted octanol–water partition coefficient (Wildman–Crippen LogP) is 2.10. The molecule has 0 bridgehead atoms. The number of sulfonamides is 1. The standard InChI is InChI=1S/C21H26N2O7S/c1-14-19(21(25)28-3)11-17(30-14)13-23(2)20(24)15-6-4-8-18(10-15)31(26,27)22-12-16-7-5-9-29-16/h4,6,8,10-11,16,22H,5,7,9,12-13H2,1-3H3. The van der Waals surface area contributed by atoms with Crippen molar-refractivity contribution in [2.75, 3.05) is 27.3 Å². The summed E-state index contributed by atoms with van der Waals surface area (Å²) in [5.74, 6) is -0.0939. The second kappa shape index (κ2) is 9.63. The molecule has 0 saturated carbocycles. The number of nitrogens with one attached hydrogen (secondary N) is 1. The normalized spacial score (nSPS) is 16.3. The lowest BCUT2D eigenvalue weighted by Crippen LogP contribution is -2.32. The molecule has 1 amide bonds. The van der Waals surface area contributed by atoms with Crippen LogP contribution in [0.5, 0.6) is 0 Å². The molecular weight excluding hydrogens is 424 g/mol. The molecule has 1 aliphatic heterocycles. The average Bonchev–Trinajstić information content (AvgIpc) is 3.41. The van der Waals surface area contributed by atoms with Crippen LogP contribution in [0.3, 0.4) is 0 Å². The zero-order valence-electron chi connectivity index (χ0n) is 17.7.